The number of fused-ring (bicyclic) bond motifs is 1. The highest BCUT2D eigenvalue weighted by Gasteiger charge is 2.18. The maximum Gasteiger partial charge on any atom is 0.263 e. The van der Waals surface area contributed by atoms with E-state index in [9.17, 15) is 4.79 Å². The number of ether oxygens (including phenoxy) is 1. The van der Waals surface area contributed by atoms with Crippen molar-refractivity contribution >= 4 is 11.7 Å². The van der Waals surface area contributed by atoms with Crippen molar-refractivity contribution in [2.75, 3.05) is 11.9 Å². The van der Waals surface area contributed by atoms with Gasteiger partial charge in [-0.05, 0) is 76.3 Å². The number of amides is 1. The molecule has 0 atom stereocenters. The van der Waals surface area contributed by atoms with Crippen molar-refractivity contribution in [1.29, 1.82) is 0 Å². The smallest absolute Gasteiger partial charge is 0.263 e. The van der Waals surface area contributed by atoms with E-state index >= 15 is 0 Å². The topological polar surface area (TPSA) is 77.2 Å². The molecule has 6 heteroatoms. The zero-order valence-electron chi connectivity index (χ0n) is 17.7. The van der Waals surface area contributed by atoms with Crippen LogP contribution in [0.25, 0.3) is 11.3 Å². The highest BCUT2D eigenvalue weighted by atomic mass is 16.6. The lowest BCUT2D eigenvalue weighted by molar-refractivity contribution is -0.118. The minimum Gasteiger partial charge on any atom is -0.484 e. The molecule has 1 N–H and O–H groups in total. The summed E-state index contributed by atoms with van der Waals surface area (Å²) in [4.78, 5) is 12.4. The van der Waals surface area contributed by atoms with Crippen LogP contribution in [0.1, 0.15) is 50.3 Å². The number of benzene rings is 2. The lowest BCUT2D eigenvalue weighted by Gasteiger charge is -2.19. The van der Waals surface area contributed by atoms with Crippen LogP contribution in [0.4, 0.5) is 5.82 Å². The first-order chi connectivity index (χ1) is 14.4. The Morgan fingerprint density at radius 3 is 2.50 bits per heavy atom. The predicted molar refractivity (Wildman–Crippen MR) is 116 cm³/mol. The van der Waals surface area contributed by atoms with Gasteiger partial charge in [0.2, 0.25) is 5.82 Å². The van der Waals surface area contributed by atoms with Gasteiger partial charge in [0.15, 0.2) is 12.3 Å². The summed E-state index contributed by atoms with van der Waals surface area (Å²) >= 11 is 0. The SMILES string of the molecule is CC(C)(C)c1ccc(OCC(=O)Nc2nonc2-c2ccc3c(c2)CCCC3)cc1. The third-order valence-electron chi connectivity index (χ3n) is 5.46. The summed E-state index contributed by atoms with van der Waals surface area (Å²) in [6, 6.07) is 14.1. The van der Waals surface area contributed by atoms with Gasteiger partial charge in [-0.1, -0.05) is 45.0 Å². The van der Waals surface area contributed by atoms with Gasteiger partial charge in [-0.25, -0.2) is 4.63 Å². The first kappa shape index (κ1) is 20.1. The maximum absolute atomic E-state index is 12.4. The molecule has 3 aromatic rings. The summed E-state index contributed by atoms with van der Waals surface area (Å²) in [6.07, 6.45) is 4.62. The van der Waals surface area contributed by atoms with Gasteiger partial charge < -0.3 is 10.1 Å². The van der Waals surface area contributed by atoms with E-state index in [2.05, 4.69) is 48.5 Å². The van der Waals surface area contributed by atoms with Crippen molar-refractivity contribution in [2.45, 2.75) is 51.9 Å². The van der Waals surface area contributed by atoms with E-state index in [0.29, 0.717) is 17.3 Å². The molecule has 1 aromatic heterocycles. The number of carbonyl (C=O) groups is 1. The number of nitrogens with one attached hydrogen (secondary N) is 1. The van der Waals surface area contributed by atoms with E-state index in [0.717, 1.165) is 18.4 Å². The van der Waals surface area contributed by atoms with Crippen molar-refractivity contribution < 1.29 is 14.2 Å². The molecule has 0 fully saturated rings. The van der Waals surface area contributed by atoms with Gasteiger partial charge in [0.05, 0.1) is 0 Å². The number of aromatic nitrogens is 2. The van der Waals surface area contributed by atoms with Crippen LogP contribution in [0, 0.1) is 0 Å². The Kier molecular flexibility index (Phi) is 5.57. The molecule has 30 heavy (non-hydrogen) atoms. The monoisotopic (exact) mass is 405 g/mol. The van der Waals surface area contributed by atoms with Gasteiger partial charge in [0.25, 0.3) is 5.91 Å². The third-order valence-corrected chi connectivity index (χ3v) is 5.46. The molecule has 0 bridgehead atoms. The molecule has 1 aliphatic rings. The molecule has 4 rings (SSSR count). The minimum absolute atomic E-state index is 0.0724. The number of nitrogens with zero attached hydrogens (tertiary/aromatic N) is 2. The molecule has 1 aliphatic carbocycles. The third kappa shape index (κ3) is 4.53. The zero-order valence-corrected chi connectivity index (χ0v) is 17.7. The number of hydrogen-bond acceptors (Lipinski definition) is 5. The molecule has 1 heterocycles. The number of rotatable bonds is 5. The Labute approximate surface area is 176 Å². The maximum atomic E-state index is 12.4. The minimum atomic E-state index is -0.315. The molecule has 0 unspecified atom stereocenters. The van der Waals surface area contributed by atoms with E-state index in [4.69, 9.17) is 9.37 Å². The Bertz CT molecular complexity index is 1030. The van der Waals surface area contributed by atoms with Crippen molar-refractivity contribution in [2.24, 2.45) is 0 Å². The predicted octanol–water partition coefficient (Wildman–Crippen LogP) is 4.93. The zero-order chi connectivity index (χ0) is 21.1. The lowest BCUT2D eigenvalue weighted by Crippen LogP contribution is -2.20. The molecule has 0 spiro atoms. The van der Waals surface area contributed by atoms with Gasteiger partial charge in [0, 0.05) is 5.56 Å². The molecule has 1 amide bonds. The summed E-state index contributed by atoms with van der Waals surface area (Å²) in [5, 5.41) is 10.6. The van der Waals surface area contributed by atoms with Gasteiger partial charge in [-0.15, -0.1) is 0 Å². The number of hydrogen-bond donors (Lipinski definition) is 1. The Morgan fingerprint density at radius 2 is 1.77 bits per heavy atom. The van der Waals surface area contributed by atoms with Gasteiger partial charge in [0.1, 0.15) is 5.75 Å². The van der Waals surface area contributed by atoms with Crippen molar-refractivity contribution in [1.82, 2.24) is 10.3 Å². The molecule has 0 saturated carbocycles. The fourth-order valence-electron chi connectivity index (χ4n) is 3.71. The summed E-state index contributed by atoms with van der Waals surface area (Å²) in [5.74, 6) is 0.638. The van der Waals surface area contributed by atoms with Crippen LogP contribution in [0.15, 0.2) is 47.1 Å². The number of anilines is 1. The second kappa shape index (κ2) is 8.30. The Hall–Kier alpha value is -3.15. The molecule has 0 aliphatic heterocycles. The van der Waals surface area contributed by atoms with E-state index in [1.165, 1.54) is 29.5 Å². The number of aryl methyl sites for hydroxylation is 2. The summed E-state index contributed by atoms with van der Waals surface area (Å²) in [5.41, 5.74) is 5.43. The summed E-state index contributed by atoms with van der Waals surface area (Å²) in [7, 11) is 0. The number of carbonyl (C=O) groups excluding carboxylic acids is 1. The average molecular weight is 405 g/mol. The average Bonchev–Trinajstić information content (AvgIpc) is 3.19. The van der Waals surface area contributed by atoms with E-state index in [1.54, 1.807) is 0 Å². The molecule has 156 valence electrons. The van der Waals surface area contributed by atoms with Crippen LogP contribution >= 0.6 is 0 Å². The van der Waals surface area contributed by atoms with Crippen molar-refractivity contribution in [3.63, 3.8) is 0 Å². The fourth-order valence-corrected chi connectivity index (χ4v) is 3.71. The first-order valence-corrected chi connectivity index (χ1v) is 10.4. The Morgan fingerprint density at radius 1 is 1.03 bits per heavy atom. The quantitative estimate of drug-likeness (QED) is 0.651. The Balaban J connectivity index is 1.40. The molecule has 2 aromatic carbocycles. The van der Waals surface area contributed by atoms with E-state index < -0.39 is 0 Å². The van der Waals surface area contributed by atoms with Crippen LogP contribution in [0.3, 0.4) is 0 Å². The molecular formula is C24H27N3O3. The van der Waals surface area contributed by atoms with Crippen LogP contribution in [-0.4, -0.2) is 22.8 Å². The van der Waals surface area contributed by atoms with Crippen LogP contribution in [0.2, 0.25) is 0 Å². The summed E-state index contributed by atoms with van der Waals surface area (Å²) in [6.45, 7) is 6.35. The molecule has 6 nitrogen and oxygen atoms in total. The van der Waals surface area contributed by atoms with Gasteiger partial charge >= 0.3 is 0 Å². The van der Waals surface area contributed by atoms with E-state index in [-0.39, 0.29) is 17.9 Å². The standard InChI is InChI=1S/C24H27N3O3/c1-24(2,3)19-10-12-20(13-11-19)29-15-21(28)25-23-22(26-30-27-23)18-9-8-16-6-4-5-7-17(16)14-18/h8-14H,4-7,15H2,1-3H3,(H,25,27,28). The summed E-state index contributed by atoms with van der Waals surface area (Å²) < 4.78 is 10.5. The van der Waals surface area contributed by atoms with Gasteiger partial charge in [-0.2, -0.15) is 0 Å². The van der Waals surface area contributed by atoms with Crippen LogP contribution in [-0.2, 0) is 23.1 Å². The van der Waals surface area contributed by atoms with E-state index in [1.807, 2.05) is 30.3 Å². The highest BCUT2D eigenvalue weighted by Crippen LogP contribution is 2.30. The van der Waals surface area contributed by atoms with Gasteiger partial charge in [-0.3, -0.25) is 4.79 Å². The molecule has 0 radical (unpaired) electrons. The van der Waals surface area contributed by atoms with Crippen LogP contribution in [0.5, 0.6) is 5.75 Å². The van der Waals surface area contributed by atoms with Crippen molar-refractivity contribution in [3.8, 4) is 17.0 Å². The molecular weight excluding hydrogens is 378 g/mol. The van der Waals surface area contributed by atoms with Crippen molar-refractivity contribution in [3.05, 3.63) is 59.2 Å². The second-order valence-corrected chi connectivity index (χ2v) is 8.76. The second-order valence-electron chi connectivity index (χ2n) is 8.76. The largest absolute Gasteiger partial charge is 0.484 e. The highest BCUT2D eigenvalue weighted by molar-refractivity contribution is 5.94. The fraction of sp³-hybridized carbons (Fsp3) is 0.375. The first-order valence-electron chi connectivity index (χ1n) is 10.4. The molecule has 0 saturated heterocycles. The van der Waals surface area contributed by atoms with Crippen LogP contribution < -0.4 is 10.1 Å². The lowest BCUT2D eigenvalue weighted by atomic mass is 9.87. The normalized spacial score (nSPS) is 13.6.